The average Bonchev–Trinajstić information content (AvgIpc) is 2.91. The SMILES string of the molecule is NCc1cccc(NC(=O)CN2CCc3ccccc32)c1. The number of hydrogen-bond donors (Lipinski definition) is 2. The summed E-state index contributed by atoms with van der Waals surface area (Å²) in [6, 6.07) is 15.9. The van der Waals surface area contributed by atoms with Crippen LogP contribution >= 0.6 is 0 Å². The first-order valence-corrected chi connectivity index (χ1v) is 7.18. The van der Waals surface area contributed by atoms with Gasteiger partial charge in [-0.1, -0.05) is 30.3 Å². The second kappa shape index (κ2) is 5.97. The van der Waals surface area contributed by atoms with Gasteiger partial charge in [0.1, 0.15) is 0 Å². The van der Waals surface area contributed by atoms with Crippen LogP contribution in [0.1, 0.15) is 11.1 Å². The zero-order chi connectivity index (χ0) is 14.7. The van der Waals surface area contributed by atoms with Crippen LogP contribution in [-0.2, 0) is 17.8 Å². The molecule has 1 aliphatic heterocycles. The van der Waals surface area contributed by atoms with Gasteiger partial charge in [0.25, 0.3) is 0 Å². The molecule has 0 aliphatic carbocycles. The van der Waals surface area contributed by atoms with Crippen LogP contribution in [0.3, 0.4) is 0 Å². The highest BCUT2D eigenvalue weighted by atomic mass is 16.2. The second-order valence-electron chi connectivity index (χ2n) is 5.25. The Labute approximate surface area is 124 Å². The van der Waals surface area contributed by atoms with Gasteiger partial charge in [-0.15, -0.1) is 0 Å². The van der Waals surface area contributed by atoms with E-state index in [1.165, 1.54) is 11.3 Å². The lowest BCUT2D eigenvalue weighted by Crippen LogP contribution is -2.31. The van der Waals surface area contributed by atoms with Crippen LogP contribution in [0.2, 0.25) is 0 Å². The van der Waals surface area contributed by atoms with Gasteiger partial charge in [0.2, 0.25) is 5.91 Å². The van der Waals surface area contributed by atoms with Crippen LogP contribution in [0.15, 0.2) is 48.5 Å². The second-order valence-corrected chi connectivity index (χ2v) is 5.25. The van der Waals surface area contributed by atoms with E-state index in [0.717, 1.165) is 24.2 Å². The van der Waals surface area contributed by atoms with Gasteiger partial charge in [0.15, 0.2) is 0 Å². The third-order valence-corrected chi connectivity index (χ3v) is 3.76. The van der Waals surface area contributed by atoms with Gasteiger partial charge in [0, 0.05) is 24.5 Å². The summed E-state index contributed by atoms with van der Waals surface area (Å²) < 4.78 is 0. The normalized spacial score (nSPS) is 13.1. The molecule has 108 valence electrons. The van der Waals surface area contributed by atoms with E-state index in [4.69, 9.17) is 5.73 Å². The molecule has 0 radical (unpaired) electrons. The van der Waals surface area contributed by atoms with Crippen molar-refractivity contribution in [3.8, 4) is 0 Å². The predicted molar refractivity (Wildman–Crippen MR) is 85.3 cm³/mol. The van der Waals surface area contributed by atoms with E-state index in [0.29, 0.717) is 13.1 Å². The van der Waals surface area contributed by atoms with Crippen molar-refractivity contribution in [2.75, 3.05) is 23.3 Å². The van der Waals surface area contributed by atoms with Crippen molar-refractivity contribution in [2.45, 2.75) is 13.0 Å². The highest BCUT2D eigenvalue weighted by Crippen LogP contribution is 2.26. The molecule has 0 saturated heterocycles. The predicted octanol–water partition coefficient (Wildman–Crippen LogP) is 2.15. The van der Waals surface area contributed by atoms with Crippen molar-refractivity contribution < 1.29 is 4.79 Å². The Kier molecular flexibility index (Phi) is 3.88. The molecule has 1 amide bonds. The number of carbonyl (C=O) groups excluding carboxylic acids is 1. The number of carbonyl (C=O) groups is 1. The fraction of sp³-hybridized carbons (Fsp3) is 0.235. The number of nitrogens with two attached hydrogens (primary N) is 1. The molecule has 21 heavy (non-hydrogen) atoms. The molecule has 4 nitrogen and oxygen atoms in total. The average molecular weight is 281 g/mol. The van der Waals surface area contributed by atoms with Gasteiger partial charge >= 0.3 is 0 Å². The molecule has 0 unspecified atom stereocenters. The van der Waals surface area contributed by atoms with Crippen molar-refractivity contribution in [1.29, 1.82) is 0 Å². The Morgan fingerprint density at radius 2 is 2.05 bits per heavy atom. The first kappa shape index (κ1) is 13.6. The fourth-order valence-electron chi connectivity index (χ4n) is 2.72. The monoisotopic (exact) mass is 281 g/mol. The molecule has 2 aromatic carbocycles. The smallest absolute Gasteiger partial charge is 0.243 e. The van der Waals surface area contributed by atoms with Crippen LogP contribution in [0.25, 0.3) is 0 Å². The van der Waals surface area contributed by atoms with Gasteiger partial charge in [0.05, 0.1) is 6.54 Å². The molecule has 0 aromatic heterocycles. The Morgan fingerprint density at radius 3 is 2.90 bits per heavy atom. The molecule has 0 bridgehead atoms. The lowest BCUT2D eigenvalue weighted by atomic mass is 10.2. The van der Waals surface area contributed by atoms with Gasteiger partial charge in [-0.3, -0.25) is 4.79 Å². The maximum atomic E-state index is 12.2. The summed E-state index contributed by atoms with van der Waals surface area (Å²) in [7, 11) is 0. The third-order valence-electron chi connectivity index (χ3n) is 3.76. The summed E-state index contributed by atoms with van der Waals surface area (Å²) in [4.78, 5) is 14.3. The van der Waals surface area contributed by atoms with Crippen molar-refractivity contribution in [3.05, 3.63) is 59.7 Å². The van der Waals surface area contributed by atoms with E-state index >= 15 is 0 Å². The minimum atomic E-state index is 0.000810. The van der Waals surface area contributed by atoms with Crippen LogP contribution in [0.5, 0.6) is 0 Å². The van der Waals surface area contributed by atoms with Gasteiger partial charge in [-0.25, -0.2) is 0 Å². The zero-order valence-corrected chi connectivity index (χ0v) is 11.9. The molecule has 1 heterocycles. The molecule has 2 aromatic rings. The summed E-state index contributed by atoms with van der Waals surface area (Å²) in [5.74, 6) is 0.000810. The van der Waals surface area contributed by atoms with Crippen LogP contribution < -0.4 is 16.0 Å². The topological polar surface area (TPSA) is 58.4 Å². The molecule has 3 rings (SSSR count). The summed E-state index contributed by atoms with van der Waals surface area (Å²) in [6.07, 6.45) is 1.01. The van der Waals surface area contributed by atoms with E-state index in [9.17, 15) is 4.79 Å². The van der Waals surface area contributed by atoms with Gasteiger partial charge in [-0.2, -0.15) is 0 Å². The molecule has 0 fully saturated rings. The highest BCUT2D eigenvalue weighted by molar-refractivity contribution is 5.94. The molecule has 4 heteroatoms. The van der Waals surface area contributed by atoms with Crippen LogP contribution in [0, 0.1) is 0 Å². The first-order valence-electron chi connectivity index (χ1n) is 7.18. The molecule has 0 saturated carbocycles. The quantitative estimate of drug-likeness (QED) is 0.902. The largest absolute Gasteiger partial charge is 0.362 e. The van der Waals surface area contributed by atoms with Gasteiger partial charge in [-0.05, 0) is 35.7 Å². The molecule has 0 atom stereocenters. The first-order chi connectivity index (χ1) is 10.3. The molecular weight excluding hydrogens is 262 g/mol. The maximum absolute atomic E-state index is 12.2. The lowest BCUT2D eigenvalue weighted by molar-refractivity contribution is -0.115. The van der Waals surface area contributed by atoms with Crippen molar-refractivity contribution >= 4 is 17.3 Å². The third kappa shape index (κ3) is 3.06. The standard InChI is InChI=1S/C17H19N3O/c18-11-13-4-3-6-15(10-13)19-17(21)12-20-9-8-14-5-1-2-7-16(14)20/h1-7,10H,8-9,11-12,18H2,(H,19,21). The summed E-state index contributed by atoms with van der Waals surface area (Å²) >= 11 is 0. The summed E-state index contributed by atoms with van der Waals surface area (Å²) in [5.41, 5.74) is 9.91. The minimum absolute atomic E-state index is 0.000810. The number of nitrogens with one attached hydrogen (secondary N) is 1. The minimum Gasteiger partial charge on any atom is -0.362 e. The summed E-state index contributed by atoms with van der Waals surface area (Å²) in [5, 5.41) is 2.94. The van der Waals surface area contributed by atoms with E-state index < -0.39 is 0 Å². The number of amides is 1. The van der Waals surface area contributed by atoms with E-state index in [2.05, 4.69) is 22.3 Å². The number of fused-ring (bicyclic) bond motifs is 1. The number of anilines is 2. The Hall–Kier alpha value is -2.33. The van der Waals surface area contributed by atoms with Crippen LogP contribution in [-0.4, -0.2) is 19.0 Å². The highest BCUT2D eigenvalue weighted by Gasteiger charge is 2.20. The molecule has 3 N–H and O–H groups in total. The fourth-order valence-corrected chi connectivity index (χ4v) is 2.72. The maximum Gasteiger partial charge on any atom is 0.243 e. The van der Waals surface area contributed by atoms with E-state index in [1.54, 1.807) is 0 Å². The van der Waals surface area contributed by atoms with Crippen molar-refractivity contribution in [2.24, 2.45) is 5.73 Å². The Balaban J connectivity index is 1.65. The molecular formula is C17H19N3O. The van der Waals surface area contributed by atoms with Crippen molar-refractivity contribution in [1.82, 2.24) is 0 Å². The molecule has 0 spiro atoms. The number of nitrogens with zero attached hydrogens (tertiary/aromatic N) is 1. The number of hydrogen-bond acceptors (Lipinski definition) is 3. The molecule has 1 aliphatic rings. The van der Waals surface area contributed by atoms with E-state index in [-0.39, 0.29) is 5.91 Å². The lowest BCUT2D eigenvalue weighted by Gasteiger charge is -2.18. The van der Waals surface area contributed by atoms with Crippen LogP contribution in [0.4, 0.5) is 11.4 Å². The number of benzene rings is 2. The van der Waals surface area contributed by atoms with Gasteiger partial charge < -0.3 is 16.0 Å². The number of rotatable bonds is 4. The summed E-state index contributed by atoms with van der Waals surface area (Å²) in [6.45, 7) is 1.75. The van der Waals surface area contributed by atoms with E-state index in [1.807, 2.05) is 36.4 Å². The Bertz CT molecular complexity index is 654. The Morgan fingerprint density at radius 1 is 1.19 bits per heavy atom. The number of para-hydroxylation sites is 1. The van der Waals surface area contributed by atoms with Crippen molar-refractivity contribution in [3.63, 3.8) is 0 Å². The zero-order valence-electron chi connectivity index (χ0n) is 11.9.